The first-order valence-electron chi connectivity index (χ1n) is 5.24. The van der Waals surface area contributed by atoms with E-state index in [1.165, 1.54) is 23.6 Å². The molecule has 1 aromatic carbocycles. The minimum Gasteiger partial charge on any atom is -0.471 e. The molecule has 3 nitrogen and oxygen atoms in total. The Morgan fingerprint density at radius 3 is 2.62 bits per heavy atom. The van der Waals surface area contributed by atoms with Crippen LogP contribution >= 0.6 is 0 Å². The highest BCUT2D eigenvalue weighted by atomic mass is 16.5. The third-order valence-electron chi connectivity index (χ3n) is 2.36. The molecule has 0 saturated carbocycles. The first-order chi connectivity index (χ1) is 7.72. The van der Waals surface area contributed by atoms with Crippen molar-refractivity contribution >= 4 is 17.4 Å². The lowest BCUT2D eigenvalue weighted by molar-refractivity contribution is -0.126. The molecule has 0 spiro atoms. The molecule has 0 fully saturated rings. The van der Waals surface area contributed by atoms with Crippen LogP contribution in [-0.2, 0) is 16.1 Å². The molecule has 0 radical (unpaired) electrons. The zero-order valence-electron chi connectivity index (χ0n) is 9.93. The molecule has 0 aliphatic rings. The molecule has 0 N–H and O–H groups in total. The Morgan fingerprint density at radius 2 is 2.06 bits per heavy atom. The average molecular weight is 219 g/mol. The standard InChI is InChI=1S/C11H13N.C2H4O2/c1-3-12-7-6-10-8-9(2)4-5-11(10)12;1-4-2-3/h4-8H,3H2,1-2H3;2H,1H3. The van der Waals surface area contributed by atoms with Crippen molar-refractivity contribution in [2.24, 2.45) is 0 Å². The number of aryl methyl sites for hydroxylation is 2. The lowest BCUT2D eigenvalue weighted by atomic mass is 10.2. The van der Waals surface area contributed by atoms with Crippen LogP contribution in [0.2, 0.25) is 0 Å². The fraction of sp³-hybridized carbons (Fsp3) is 0.308. The maximum absolute atomic E-state index is 8.95. The Morgan fingerprint density at radius 1 is 1.38 bits per heavy atom. The summed E-state index contributed by atoms with van der Waals surface area (Å²) in [6, 6.07) is 8.75. The van der Waals surface area contributed by atoms with Gasteiger partial charge in [0.2, 0.25) is 0 Å². The van der Waals surface area contributed by atoms with E-state index >= 15 is 0 Å². The number of rotatable bonds is 2. The van der Waals surface area contributed by atoms with Crippen molar-refractivity contribution in [1.29, 1.82) is 0 Å². The number of hydrogen-bond donors (Lipinski definition) is 0. The quantitative estimate of drug-likeness (QED) is 0.727. The van der Waals surface area contributed by atoms with Crippen LogP contribution in [0.4, 0.5) is 0 Å². The van der Waals surface area contributed by atoms with Crippen molar-refractivity contribution in [2.45, 2.75) is 20.4 Å². The van der Waals surface area contributed by atoms with E-state index in [2.05, 4.69) is 53.6 Å². The average Bonchev–Trinajstić information content (AvgIpc) is 2.71. The number of fused-ring (bicyclic) bond motifs is 1. The lowest BCUT2D eigenvalue weighted by Crippen LogP contribution is -1.89. The third kappa shape index (κ3) is 2.86. The van der Waals surface area contributed by atoms with Crippen LogP contribution in [0.15, 0.2) is 30.5 Å². The van der Waals surface area contributed by atoms with E-state index in [0.717, 1.165) is 6.54 Å². The Hall–Kier alpha value is -1.77. The van der Waals surface area contributed by atoms with Gasteiger partial charge in [-0.25, -0.2) is 0 Å². The zero-order chi connectivity index (χ0) is 12.0. The molecule has 0 amide bonds. The first-order valence-corrected chi connectivity index (χ1v) is 5.24. The van der Waals surface area contributed by atoms with Crippen molar-refractivity contribution in [3.05, 3.63) is 36.0 Å². The molecular weight excluding hydrogens is 202 g/mol. The number of nitrogens with zero attached hydrogens (tertiary/aromatic N) is 1. The van der Waals surface area contributed by atoms with Gasteiger partial charge < -0.3 is 9.30 Å². The molecule has 0 aliphatic carbocycles. The summed E-state index contributed by atoms with van der Waals surface area (Å²) in [5.41, 5.74) is 2.67. The molecule has 2 aromatic rings. The molecule has 0 bridgehead atoms. The van der Waals surface area contributed by atoms with Gasteiger partial charge in [-0.1, -0.05) is 11.6 Å². The molecular formula is C13H17NO2. The number of aromatic nitrogens is 1. The van der Waals surface area contributed by atoms with Crippen molar-refractivity contribution in [2.75, 3.05) is 7.11 Å². The second-order valence-corrected chi connectivity index (χ2v) is 3.50. The lowest BCUT2D eigenvalue weighted by Gasteiger charge is -1.99. The molecule has 86 valence electrons. The van der Waals surface area contributed by atoms with E-state index in [9.17, 15) is 0 Å². The first kappa shape index (κ1) is 12.3. The van der Waals surface area contributed by atoms with E-state index in [-0.39, 0.29) is 0 Å². The van der Waals surface area contributed by atoms with Gasteiger partial charge in [0.1, 0.15) is 0 Å². The highest BCUT2D eigenvalue weighted by molar-refractivity contribution is 5.80. The maximum Gasteiger partial charge on any atom is 0.292 e. The molecule has 0 aliphatic heterocycles. The monoisotopic (exact) mass is 219 g/mol. The van der Waals surface area contributed by atoms with Crippen LogP contribution in [0.25, 0.3) is 10.9 Å². The molecule has 0 saturated heterocycles. The normalized spacial score (nSPS) is 9.44. The van der Waals surface area contributed by atoms with E-state index < -0.39 is 0 Å². The third-order valence-corrected chi connectivity index (χ3v) is 2.36. The van der Waals surface area contributed by atoms with Crippen LogP contribution in [0.5, 0.6) is 0 Å². The van der Waals surface area contributed by atoms with Crippen LogP contribution in [0.1, 0.15) is 12.5 Å². The molecule has 1 aromatic heterocycles. The van der Waals surface area contributed by atoms with Gasteiger partial charge in [0, 0.05) is 18.3 Å². The summed E-state index contributed by atoms with van der Waals surface area (Å²) in [5.74, 6) is 0. The van der Waals surface area contributed by atoms with Crippen molar-refractivity contribution < 1.29 is 9.53 Å². The second-order valence-electron chi connectivity index (χ2n) is 3.50. The number of benzene rings is 1. The highest BCUT2D eigenvalue weighted by Crippen LogP contribution is 2.16. The van der Waals surface area contributed by atoms with E-state index in [4.69, 9.17) is 4.79 Å². The summed E-state index contributed by atoms with van der Waals surface area (Å²) in [7, 11) is 1.31. The summed E-state index contributed by atoms with van der Waals surface area (Å²) < 4.78 is 6.12. The zero-order valence-corrected chi connectivity index (χ0v) is 9.93. The molecule has 1 heterocycles. The van der Waals surface area contributed by atoms with Gasteiger partial charge in [0.15, 0.2) is 0 Å². The second kappa shape index (κ2) is 5.95. The molecule has 2 rings (SSSR count). The van der Waals surface area contributed by atoms with Gasteiger partial charge in [-0.3, -0.25) is 4.79 Å². The van der Waals surface area contributed by atoms with E-state index in [0.29, 0.717) is 6.47 Å². The van der Waals surface area contributed by atoms with Gasteiger partial charge >= 0.3 is 0 Å². The van der Waals surface area contributed by atoms with Gasteiger partial charge in [-0.15, -0.1) is 0 Å². The number of carbonyl (C=O) groups is 1. The topological polar surface area (TPSA) is 31.2 Å². The smallest absolute Gasteiger partial charge is 0.292 e. The Bertz CT molecular complexity index is 460. The number of hydrogen-bond acceptors (Lipinski definition) is 2. The predicted molar refractivity (Wildman–Crippen MR) is 65.4 cm³/mol. The van der Waals surface area contributed by atoms with Gasteiger partial charge in [0.25, 0.3) is 6.47 Å². The SMILES string of the molecule is CCn1ccc2cc(C)ccc21.COC=O. The molecule has 16 heavy (non-hydrogen) atoms. The van der Waals surface area contributed by atoms with Crippen LogP contribution in [0, 0.1) is 6.92 Å². The van der Waals surface area contributed by atoms with Crippen molar-refractivity contribution in [1.82, 2.24) is 4.57 Å². The van der Waals surface area contributed by atoms with Gasteiger partial charge in [-0.2, -0.15) is 0 Å². The minimum absolute atomic E-state index is 0.375. The summed E-state index contributed by atoms with van der Waals surface area (Å²) in [4.78, 5) is 8.95. The number of carbonyl (C=O) groups excluding carboxylic acids is 1. The largest absolute Gasteiger partial charge is 0.471 e. The number of ether oxygens (including phenoxy) is 1. The Labute approximate surface area is 95.6 Å². The summed E-state index contributed by atoms with van der Waals surface area (Å²) in [6.07, 6.45) is 2.14. The van der Waals surface area contributed by atoms with E-state index in [1.807, 2.05) is 0 Å². The summed E-state index contributed by atoms with van der Waals surface area (Å²) in [6.45, 7) is 5.72. The fourth-order valence-electron chi connectivity index (χ4n) is 1.60. The highest BCUT2D eigenvalue weighted by Gasteiger charge is 1.97. The summed E-state index contributed by atoms with van der Waals surface area (Å²) in [5, 5.41) is 1.34. The van der Waals surface area contributed by atoms with Crippen LogP contribution < -0.4 is 0 Å². The fourth-order valence-corrected chi connectivity index (χ4v) is 1.60. The van der Waals surface area contributed by atoms with Crippen molar-refractivity contribution in [3.63, 3.8) is 0 Å². The van der Waals surface area contributed by atoms with Crippen molar-refractivity contribution in [3.8, 4) is 0 Å². The van der Waals surface area contributed by atoms with Crippen LogP contribution in [0.3, 0.4) is 0 Å². The maximum atomic E-state index is 8.95. The van der Waals surface area contributed by atoms with Gasteiger partial charge in [-0.05, 0) is 37.4 Å². The molecule has 3 heteroatoms. The Kier molecular flexibility index (Phi) is 4.58. The van der Waals surface area contributed by atoms with E-state index in [1.54, 1.807) is 0 Å². The minimum atomic E-state index is 0.375. The van der Waals surface area contributed by atoms with Crippen LogP contribution in [-0.4, -0.2) is 18.1 Å². The number of methoxy groups -OCH3 is 1. The molecule has 0 unspecified atom stereocenters. The Balaban J connectivity index is 0.000000280. The molecule has 0 atom stereocenters. The summed E-state index contributed by atoms with van der Waals surface area (Å²) >= 11 is 0. The predicted octanol–water partition coefficient (Wildman–Crippen LogP) is 2.76. The van der Waals surface area contributed by atoms with Gasteiger partial charge in [0.05, 0.1) is 7.11 Å².